The van der Waals surface area contributed by atoms with E-state index in [1.54, 1.807) is 31.5 Å². The summed E-state index contributed by atoms with van der Waals surface area (Å²) >= 11 is 2.00. The molecule has 1 aromatic heterocycles. The molecule has 0 aliphatic rings. The number of aromatic hydroxyl groups is 1. The fraction of sp³-hybridized carbons (Fsp3) is 0.143. The van der Waals surface area contributed by atoms with Crippen LogP contribution in [0.1, 0.15) is 15.9 Å². The SMILES string of the molecule is COc1ccc(CNC(=O)c2ccc(I)c(O)c2)cn1. The van der Waals surface area contributed by atoms with E-state index in [4.69, 9.17) is 4.74 Å². The van der Waals surface area contributed by atoms with E-state index in [-0.39, 0.29) is 11.7 Å². The summed E-state index contributed by atoms with van der Waals surface area (Å²) in [4.78, 5) is 16.0. The molecule has 0 aliphatic heterocycles. The Labute approximate surface area is 130 Å². The van der Waals surface area contributed by atoms with Crippen LogP contribution in [0.4, 0.5) is 0 Å². The summed E-state index contributed by atoms with van der Waals surface area (Å²) in [6.45, 7) is 0.364. The van der Waals surface area contributed by atoms with Gasteiger partial charge in [0.25, 0.3) is 5.91 Å². The Morgan fingerprint density at radius 2 is 2.20 bits per heavy atom. The van der Waals surface area contributed by atoms with E-state index >= 15 is 0 Å². The number of ether oxygens (including phenoxy) is 1. The number of phenolic OH excluding ortho intramolecular Hbond substituents is 1. The van der Waals surface area contributed by atoms with Crippen LogP contribution in [0.2, 0.25) is 0 Å². The van der Waals surface area contributed by atoms with Gasteiger partial charge in [0.05, 0.1) is 10.7 Å². The standard InChI is InChI=1S/C14H13IN2O3/c1-20-13-5-2-9(7-16-13)8-17-14(19)10-3-4-11(15)12(18)6-10/h2-7,18H,8H2,1H3,(H,17,19). The molecule has 2 N–H and O–H groups in total. The van der Waals surface area contributed by atoms with Crippen molar-refractivity contribution < 1.29 is 14.6 Å². The number of rotatable bonds is 4. The summed E-state index contributed by atoms with van der Waals surface area (Å²) in [7, 11) is 1.55. The van der Waals surface area contributed by atoms with Gasteiger partial charge in [-0.25, -0.2) is 4.98 Å². The molecule has 20 heavy (non-hydrogen) atoms. The first kappa shape index (κ1) is 14.6. The molecular weight excluding hydrogens is 371 g/mol. The molecule has 1 amide bonds. The van der Waals surface area contributed by atoms with Crippen LogP contribution in [0, 0.1) is 3.57 Å². The summed E-state index contributed by atoms with van der Waals surface area (Å²) in [6.07, 6.45) is 1.64. The highest BCUT2D eigenvalue weighted by Crippen LogP contribution is 2.20. The van der Waals surface area contributed by atoms with Gasteiger partial charge in [0.1, 0.15) is 5.75 Å². The Morgan fingerprint density at radius 3 is 2.80 bits per heavy atom. The number of phenols is 1. The number of carbonyl (C=O) groups excluding carboxylic acids is 1. The molecule has 0 saturated carbocycles. The molecule has 0 spiro atoms. The van der Waals surface area contributed by atoms with Gasteiger partial charge in [0.2, 0.25) is 5.88 Å². The number of nitrogens with zero attached hydrogens (tertiary/aromatic N) is 1. The van der Waals surface area contributed by atoms with E-state index in [0.717, 1.165) is 5.56 Å². The fourth-order valence-electron chi connectivity index (χ4n) is 1.57. The highest BCUT2D eigenvalue weighted by molar-refractivity contribution is 14.1. The Kier molecular flexibility index (Phi) is 4.78. The number of carbonyl (C=O) groups is 1. The molecule has 2 aromatic rings. The molecule has 5 nitrogen and oxygen atoms in total. The molecule has 0 radical (unpaired) electrons. The van der Waals surface area contributed by atoms with Gasteiger partial charge in [-0.1, -0.05) is 6.07 Å². The summed E-state index contributed by atoms with van der Waals surface area (Å²) in [5.74, 6) is 0.388. The van der Waals surface area contributed by atoms with Crippen molar-refractivity contribution in [2.45, 2.75) is 6.54 Å². The second kappa shape index (κ2) is 6.56. The summed E-state index contributed by atoms with van der Waals surface area (Å²) in [5, 5.41) is 12.3. The normalized spacial score (nSPS) is 10.1. The van der Waals surface area contributed by atoms with Crippen LogP contribution >= 0.6 is 22.6 Å². The van der Waals surface area contributed by atoms with Crippen LogP contribution in [-0.2, 0) is 6.54 Å². The predicted molar refractivity (Wildman–Crippen MR) is 82.8 cm³/mol. The van der Waals surface area contributed by atoms with Crippen molar-refractivity contribution in [3.8, 4) is 11.6 Å². The summed E-state index contributed by atoms with van der Waals surface area (Å²) < 4.78 is 5.67. The molecule has 0 saturated heterocycles. The highest BCUT2D eigenvalue weighted by Gasteiger charge is 2.08. The van der Waals surface area contributed by atoms with Gasteiger partial charge in [0, 0.05) is 24.4 Å². The number of hydrogen-bond acceptors (Lipinski definition) is 4. The Balaban J connectivity index is 1.98. The van der Waals surface area contributed by atoms with Crippen LogP contribution in [0.15, 0.2) is 36.5 Å². The number of methoxy groups -OCH3 is 1. The minimum Gasteiger partial charge on any atom is -0.507 e. The van der Waals surface area contributed by atoms with Crippen molar-refractivity contribution in [3.63, 3.8) is 0 Å². The van der Waals surface area contributed by atoms with E-state index in [2.05, 4.69) is 10.3 Å². The minimum atomic E-state index is -0.243. The van der Waals surface area contributed by atoms with E-state index in [1.165, 1.54) is 6.07 Å². The van der Waals surface area contributed by atoms with Gasteiger partial charge in [-0.3, -0.25) is 4.79 Å². The zero-order chi connectivity index (χ0) is 14.5. The van der Waals surface area contributed by atoms with Gasteiger partial charge in [-0.15, -0.1) is 0 Å². The van der Waals surface area contributed by atoms with Crippen molar-refractivity contribution in [3.05, 3.63) is 51.2 Å². The zero-order valence-corrected chi connectivity index (χ0v) is 12.9. The van der Waals surface area contributed by atoms with Crippen molar-refractivity contribution in [2.75, 3.05) is 7.11 Å². The van der Waals surface area contributed by atoms with E-state index in [0.29, 0.717) is 21.6 Å². The van der Waals surface area contributed by atoms with E-state index < -0.39 is 0 Å². The second-order valence-electron chi connectivity index (χ2n) is 4.06. The average molecular weight is 384 g/mol. The maximum absolute atomic E-state index is 11.9. The highest BCUT2D eigenvalue weighted by atomic mass is 127. The maximum atomic E-state index is 11.9. The lowest BCUT2D eigenvalue weighted by Crippen LogP contribution is -2.22. The van der Waals surface area contributed by atoms with Crippen LogP contribution in [0.25, 0.3) is 0 Å². The lowest BCUT2D eigenvalue weighted by molar-refractivity contribution is 0.0950. The predicted octanol–water partition coefficient (Wildman–Crippen LogP) is 2.33. The molecule has 6 heteroatoms. The third-order valence-electron chi connectivity index (χ3n) is 2.67. The molecule has 0 aliphatic carbocycles. The molecular formula is C14H13IN2O3. The average Bonchev–Trinajstić information content (AvgIpc) is 2.48. The van der Waals surface area contributed by atoms with Crippen molar-refractivity contribution in [1.82, 2.24) is 10.3 Å². The number of nitrogens with one attached hydrogen (secondary N) is 1. The summed E-state index contributed by atoms with van der Waals surface area (Å²) in [5.41, 5.74) is 1.29. The Hall–Kier alpha value is -1.83. The number of amides is 1. The van der Waals surface area contributed by atoms with E-state index in [9.17, 15) is 9.90 Å². The zero-order valence-electron chi connectivity index (χ0n) is 10.8. The molecule has 0 fully saturated rings. The first-order valence-electron chi connectivity index (χ1n) is 5.86. The lowest BCUT2D eigenvalue weighted by Gasteiger charge is -2.07. The second-order valence-corrected chi connectivity index (χ2v) is 5.22. The van der Waals surface area contributed by atoms with Crippen LogP contribution in [0.5, 0.6) is 11.6 Å². The quantitative estimate of drug-likeness (QED) is 0.794. The van der Waals surface area contributed by atoms with Crippen LogP contribution in [-0.4, -0.2) is 23.1 Å². The van der Waals surface area contributed by atoms with Gasteiger partial charge in [-0.2, -0.15) is 0 Å². The summed E-state index contributed by atoms with van der Waals surface area (Å²) in [6, 6.07) is 8.38. The number of aromatic nitrogens is 1. The molecule has 2 rings (SSSR count). The smallest absolute Gasteiger partial charge is 0.251 e. The molecule has 104 valence electrons. The third kappa shape index (κ3) is 3.60. The monoisotopic (exact) mass is 384 g/mol. The van der Waals surface area contributed by atoms with Gasteiger partial charge >= 0.3 is 0 Å². The van der Waals surface area contributed by atoms with Crippen molar-refractivity contribution in [1.29, 1.82) is 0 Å². The number of halogens is 1. The van der Waals surface area contributed by atoms with Crippen LogP contribution in [0.3, 0.4) is 0 Å². The molecule has 1 aromatic carbocycles. The molecule has 0 unspecified atom stereocenters. The van der Waals surface area contributed by atoms with Gasteiger partial charge in [0.15, 0.2) is 0 Å². The Bertz CT molecular complexity index is 614. The topological polar surface area (TPSA) is 71.5 Å². The lowest BCUT2D eigenvalue weighted by atomic mass is 10.2. The molecule has 1 heterocycles. The first-order valence-corrected chi connectivity index (χ1v) is 6.93. The maximum Gasteiger partial charge on any atom is 0.251 e. The Morgan fingerprint density at radius 1 is 1.40 bits per heavy atom. The number of pyridine rings is 1. The van der Waals surface area contributed by atoms with Gasteiger partial charge < -0.3 is 15.2 Å². The third-order valence-corrected chi connectivity index (χ3v) is 3.58. The van der Waals surface area contributed by atoms with Crippen molar-refractivity contribution in [2.24, 2.45) is 0 Å². The minimum absolute atomic E-state index is 0.101. The fourth-order valence-corrected chi connectivity index (χ4v) is 1.91. The van der Waals surface area contributed by atoms with Gasteiger partial charge in [-0.05, 0) is 46.4 Å². The number of benzene rings is 1. The molecule has 0 atom stereocenters. The molecule has 0 bridgehead atoms. The van der Waals surface area contributed by atoms with Crippen LogP contribution < -0.4 is 10.1 Å². The number of hydrogen-bond donors (Lipinski definition) is 2. The van der Waals surface area contributed by atoms with Crippen molar-refractivity contribution >= 4 is 28.5 Å². The largest absolute Gasteiger partial charge is 0.507 e. The first-order chi connectivity index (χ1) is 9.60. The van der Waals surface area contributed by atoms with E-state index in [1.807, 2.05) is 28.7 Å².